The maximum atomic E-state index is 6.31. The quantitative estimate of drug-likeness (QED) is 0.427. The Morgan fingerprint density at radius 3 is 1.47 bits per heavy atom. The molecule has 2 heterocycles. The molecule has 7 heteroatoms. The van der Waals surface area contributed by atoms with E-state index in [4.69, 9.17) is 17.7 Å². The van der Waals surface area contributed by atoms with Gasteiger partial charge in [-0.15, -0.1) is 0 Å². The summed E-state index contributed by atoms with van der Waals surface area (Å²) in [6, 6.07) is 17.4. The molecule has 32 heavy (non-hydrogen) atoms. The molecule has 0 aliphatic carbocycles. The maximum absolute atomic E-state index is 6.31. The van der Waals surface area contributed by atoms with Crippen LogP contribution in [0.3, 0.4) is 0 Å². The van der Waals surface area contributed by atoms with Crippen molar-refractivity contribution >= 4 is 8.33 Å². The van der Waals surface area contributed by atoms with Gasteiger partial charge in [0.15, 0.2) is 0 Å². The fraction of sp³-hybridized carbons (Fsp3) is 0.520. The van der Waals surface area contributed by atoms with Crippen LogP contribution in [-0.2, 0) is 0 Å². The van der Waals surface area contributed by atoms with Gasteiger partial charge in [0.25, 0.3) is 0 Å². The average Bonchev–Trinajstić information content (AvgIpc) is 3.24. The normalized spacial score (nSPS) is 17.7. The Morgan fingerprint density at radius 1 is 0.719 bits per heavy atom. The van der Waals surface area contributed by atoms with Crippen molar-refractivity contribution in [3.05, 3.63) is 48.5 Å². The molecular formula is C25H40N2O4Si. The first-order chi connectivity index (χ1) is 15.3. The van der Waals surface area contributed by atoms with Crippen LogP contribution in [0.1, 0.15) is 53.9 Å². The van der Waals surface area contributed by atoms with Crippen LogP contribution < -0.4 is 28.3 Å². The van der Waals surface area contributed by atoms with Gasteiger partial charge in [0.2, 0.25) is 0 Å². The first-order valence-corrected chi connectivity index (χ1v) is 14.4. The predicted molar refractivity (Wildman–Crippen MR) is 131 cm³/mol. The molecule has 0 fully saturated rings. The van der Waals surface area contributed by atoms with Gasteiger partial charge < -0.3 is 5.32 Å². The van der Waals surface area contributed by atoms with Crippen molar-refractivity contribution in [3.8, 4) is 23.0 Å². The number of nitrogens with two attached hydrogens (primary N) is 1. The van der Waals surface area contributed by atoms with Crippen molar-refractivity contribution in [3.63, 3.8) is 0 Å². The van der Waals surface area contributed by atoms with E-state index in [1.807, 2.05) is 48.5 Å². The third-order valence-electron chi connectivity index (χ3n) is 5.34. The second kappa shape index (κ2) is 10.6. The number of unbranched alkanes of at least 4 members (excludes halogenated alkanes) is 1. The van der Waals surface area contributed by atoms with E-state index in [1.165, 1.54) is 12.8 Å². The topological polar surface area (TPSA) is 65.6 Å². The summed E-state index contributed by atoms with van der Waals surface area (Å²) in [5, 5.41) is 5.79. The van der Waals surface area contributed by atoms with Crippen molar-refractivity contribution in [2.75, 3.05) is 13.1 Å². The molecule has 2 aliphatic heterocycles. The summed E-state index contributed by atoms with van der Waals surface area (Å²) in [6.07, 6.45) is 3.23. The van der Waals surface area contributed by atoms with Crippen LogP contribution >= 0.6 is 0 Å². The zero-order valence-electron chi connectivity index (χ0n) is 20.2. The van der Waals surface area contributed by atoms with Gasteiger partial charge in [0.05, 0.1) is 12.1 Å². The third kappa shape index (κ3) is 5.97. The molecule has 0 saturated carbocycles. The van der Waals surface area contributed by atoms with Crippen LogP contribution in [0.2, 0.25) is 6.04 Å². The number of hydrogen-bond acceptors (Lipinski definition) is 5. The molecule has 0 saturated heterocycles. The standard InChI is InChI=1S/C19H24NO4Si.C6H15N/c1-2-3-13-20-14-8-15-25(21-16-9-4-5-10-17(16)22-25)23-18-11-6-7-12-19(18)24-25;1-5(2)7-6(3)4/h4-7,9-12,20H,2-3,8,13-15H2,1H3;5-7H,1-4H3/q-1;/p+1. The summed E-state index contributed by atoms with van der Waals surface area (Å²) in [4.78, 5) is 0. The Labute approximate surface area is 193 Å². The van der Waals surface area contributed by atoms with E-state index < -0.39 is 8.33 Å². The van der Waals surface area contributed by atoms with Crippen LogP contribution in [0, 0.1) is 0 Å². The zero-order chi connectivity index (χ0) is 23.1. The Bertz CT molecular complexity index is 756. The first kappa shape index (κ1) is 24.4. The van der Waals surface area contributed by atoms with Crippen molar-refractivity contribution in [1.29, 1.82) is 0 Å². The van der Waals surface area contributed by atoms with Crippen LogP contribution in [0.25, 0.3) is 0 Å². The number of hydrogen-bond donors (Lipinski definition) is 2. The summed E-state index contributed by atoms with van der Waals surface area (Å²) < 4.78 is 25.2. The molecule has 0 atom stereocenters. The van der Waals surface area contributed by atoms with Crippen LogP contribution in [0.5, 0.6) is 23.0 Å². The molecule has 6 nitrogen and oxygen atoms in total. The number of benzene rings is 2. The fourth-order valence-corrected chi connectivity index (χ4v) is 7.90. The molecular weight excluding hydrogens is 420 g/mol. The Balaban J connectivity index is 0.000000360. The second-order valence-corrected chi connectivity index (χ2v) is 12.7. The zero-order valence-corrected chi connectivity index (χ0v) is 21.2. The minimum absolute atomic E-state index is 0.600. The van der Waals surface area contributed by atoms with Crippen LogP contribution in [0.15, 0.2) is 48.5 Å². The van der Waals surface area contributed by atoms with E-state index in [1.54, 1.807) is 0 Å². The molecule has 4 rings (SSSR count). The van der Waals surface area contributed by atoms with E-state index in [2.05, 4.69) is 45.3 Å². The predicted octanol–water partition coefficient (Wildman–Crippen LogP) is 4.47. The molecule has 0 bridgehead atoms. The monoisotopic (exact) mass is 460 g/mol. The van der Waals surface area contributed by atoms with Gasteiger partial charge in [-0.3, -0.25) is 0 Å². The van der Waals surface area contributed by atoms with Crippen LogP contribution in [-0.4, -0.2) is 33.5 Å². The average molecular weight is 461 g/mol. The summed E-state index contributed by atoms with van der Waals surface area (Å²) in [6.45, 7) is 12.9. The molecule has 2 aromatic rings. The van der Waals surface area contributed by atoms with E-state index in [9.17, 15) is 0 Å². The summed E-state index contributed by atoms with van der Waals surface area (Å²) in [5.74, 6) is 2.79. The van der Waals surface area contributed by atoms with Crippen molar-refractivity contribution in [2.45, 2.75) is 72.0 Å². The Morgan fingerprint density at radius 2 is 1.12 bits per heavy atom. The minimum atomic E-state index is -4.03. The molecule has 1 spiro atoms. The van der Waals surface area contributed by atoms with Gasteiger partial charge >= 0.3 is 148 Å². The second-order valence-electron chi connectivity index (χ2n) is 9.27. The Kier molecular flexibility index (Phi) is 8.09. The summed E-state index contributed by atoms with van der Waals surface area (Å²) >= 11 is 0. The van der Waals surface area contributed by atoms with E-state index in [0.717, 1.165) is 31.6 Å². The molecule has 0 amide bonds. The SMILES string of the molecule is CC(C)[NH2+]C(C)C.CCCCNCCC[Si-]12(Oc3ccccc3O1)Oc1ccccc1O2. The van der Waals surface area contributed by atoms with Gasteiger partial charge in [-0.25, -0.2) is 0 Å². The van der Waals surface area contributed by atoms with Crippen LogP contribution in [0.4, 0.5) is 0 Å². The van der Waals surface area contributed by atoms with Gasteiger partial charge in [0.1, 0.15) is 0 Å². The molecule has 2 aromatic carbocycles. The van der Waals surface area contributed by atoms with Gasteiger partial charge in [-0.2, -0.15) is 0 Å². The van der Waals surface area contributed by atoms with E-state index >= 15 is 0 Å². The fourth-order valence-electron chi connectivity index (χ4n) is 4.12. The first-order valence-electron chi connectivity index (χ1n) is 12.0. The van der Waals surface area contributed by atoms with E-state index in [0.29, 0.717) is 29.0 Å². The van der Waals surface area contributed by atoms with Crippen molar-refractivity contribution in [2.24, 2.45) is 0 Å². The molecule has 2 aliphatic rings. The number of fused-ring (bicyclic) bond motifs is 2. The van der Waals surface area contributed by atoms with Crippen molar-refractivity contribution in [1.82, 2.24) is 5.32 Å². The number of quaternary nitrogens is 1. The van der Waals surface area contributed by atoms with Gasteiger partial charge in [0, 0.05) is 0 Å². The third-order valence-corrected chi connectivity index (χ3v) is 8.97. The van der Waals surface area contributed by atoms with Gasteiger partial charge in [-0.1, -0.05) is 0 Å². The molecule has 3 N–H and O–H groups in total. The van der Waals surface area contributed by atoms with Gasteiger partial charge in [-0.05, 0) is 27.7 Å². The summed E-state index contributed by atoms with van der Waals surface area (Å²) in [7, 11) is -4.03. The summed E-state index contributed by atoms with van der Waals surface area (Å²) in [5.41, 5.74) is 0. The number of rotatable bonds is 9. The number of para-hydroxylation sites is 4. The van der Waals surface area contributed by atoms with Crippen molar-refractivity contribution < 1.29 is 23.0 Å². The molecule has 0 aromatic heterocycles. The molecule has 178 valence electrons. The Hall–Kier alpha value is -2.22. The number of nitrogens with one attached hydrogen (secondary N) is 1. The molecule has 0 unspecified atom stereocenters. The molecule has 0 radical (unpaired) electrons. The van der Waals surface area contributed by atoms with E-state index in [-0.39, 0.29) is 0 Å².